The van der Waals surface area contributed by atoms with Crippen molar-refractivity contribution in [1.82, 2.24) is 4.98 Å². The Morgan fingerprint density at radius 1 is 1.47 bits per heavy atom. The quantitative estimate of drug-likeness (QED) is 0.497. The second kappa shape index (κ2) is 5.66. The van der Waals surface area contributed by atoms with Crippen molar-refractivity contribution in [3.63, 3.8) is 0 Å². The molecule has 3 N–H and O–H groups in total. The van der Waals surface area contributed by atoms with Crippen molar-refractivity contribution in [3.05, 3.63) is 45.0 Å². The van der Waals surface area contributed by atoms with Crippen molar-refractivity contribution in [2.45, 2.75) is 12.8 Å². The zero-order chi connectivity index (χ0) is 13.8. The van der Waals surface area contributed by atoms with Crippen LogP contribution in [0.4, 0.5) is 16.5 Å². The maximum atomic E-state index is 10.7. The Morgan fingerprint density at radius 2 is 2.26 bits per heavy atom. The number of nitrogens with one attached hydrogen (secondary N) is 1. The van der Waals surface area contributed by atoms with Crippen LogP contribution in [0.15, 0.2) is 24.4 Å². The van der Waals surface area contributed by atoms with E-state index in [9.17, 15) is 10.1 Å². The first-order valence-electron chi connectivity index (χ1n) is 5.75. The molecule has 0 atom stereocenters. The summed E-state index contributed by atoms with van der Waals surface area (Å²) in [6, 6.07) is 4.54. The molecule has 0 saturated carbocycles. The lowest BCUT2D eigenvalue weighted by atomic mass is 10.1. The Balaban J connectivity index is 2.10. The number of hydrogen-bond donors (Lipinski definition) is 2. The minimum Gasteiger partial charge on any atom is -0.398 e. The van der Waals surface area contributed by atoms with E-state index in [1.807, 2.05) is 13.2 Å². The summed E-state index contributed by atoms with van der Waals surface area (Å²) >= 11 is 1.57. The Hall–Kier alpha value is -2.15. The first-order chi connectivity index (χ1) is 9.10. The van der Waals surface area contributed by atoms with Gasteiger partial charge >= 0.3 is 0 Å². The van der Waals surface area contributed by atoms with Crippen molar-refractivity contribution < 1.29 is 4.92 Å². The number of rotatable bonds is 5. The Kier molecular flexibility index (Phi) is 3.96. The standard InChI is InChI=1S/C12H14N4O2S/c1-14-12-15-7-10(19-12)4-2-8-6-9(16(17)18)3-5-11(8)13/h3,5-7H,2,4,13H2,1H3,(H,14,15). The molecule has 2 aromatic rings. The highest BCUT2D eigenvalue weighted by Gasteiger charge is 2.10. The van der Waals surface area contributed by atoms with Gasteiger partial charge in [0.1, 0.15) is 0 Å². The van der Waals surface area contributed by atoms with Gasteiger partial charge in [-0.15, -0.1) is 11.3 Å². The predicted molar refractivity (Wildman–Crippen MR) is 76.6 cm³/mol. The van der Waals surface area contributed by atoms with Crippen molar-refractivity contribution in [2.75, 3.05) is 18.1 Å². The molecule has 0 aliphatic heterocycles. The fourth-order valence-corrected chi connectivity index (χ4v) is 2.48. The fourth-order valence-electron chi connectivity index (χ4n) is 1.72. The summed E-state index contributed by atoms with van der Waals surface area (Å²) in [5.74, 6) is 0. The van der Waals surface area contributed by atoms with E-state index in [1.165, 1.54) is 12.1 Å². The van der Waals surface area contributed by atoms with E-state index < -0.39 is 4.92 Å². The van der Waals surface area contributed by atoms with Crippen LogP contribution in [0.25, 0.3) is 0 Å². The highest BCUT2D eigenvalue weighted by atomic mass is 32.1. The summed E-state index contributed by atoms with van der Waals surface area (Å²) in [7, 11) is 1.82. The van der Waals surface area contributed by atoms with Gasteiger partial charge in [0.05, 0.1) is 4.92 Å². The van der Waals surface area contributed by atoms with Gasteiger partial charge in [-0.3, -0.25) is 10.1 Å². The molecule has 6 nitrogen and oxygen atoms in total. The molecule has 0 aliphatic carbocycles. The molecule has 0 bridgehead atoms. The molecule has 100 valence electrons. The average molecular weight is 278 g/mol. The molecule has 1 aromatic heterocycles. The van der Waals surface area contributed by atoms with Gasteiger partial charge in [0.25, 0.3) is 5.69 Å². The Labute approximate surface area is 114 Å². The van der Waals surface area contributed by atoms with Gasteiger partial charge in [-0.2, -0.15) is 0 Å². The molecule has 0 radical (unpaired) electrons. The number of hydrogen-bond acceptors (Lipinski definition) is 6. The minimum atomic E-state index is -0.408. The number of anilines is 2. The van der Waals surface area contributed by atoms with E-state index in [0.717, 1.165) is 22.0 Å². The molecule has 19 heavy (non-hydrogen) atoms. The van der Waals surface area contributed by atoms with Gasteiger partial charge in [0, 0.05) is 35.9 Å². The van der Waals surface area contributed by atoms with E-state index >= 15 is 0 Å². The molecule has 0 unspecified atom stereocenters. The largest absolute Gasteiger partial charge is 0.398 e. The van der Waals surface area contributed by atoms with Crippen LogP contribution >= 0.6 is 11.3 Å². The van der Waals surface area contributed by atoms with Gasteiger partial charge in [-0.05, 0) is 24.5 Å². The van der Waals surface area contributed by atoms with Crippen LogP contribution in [0.2, 0.25) is 0 Å². The van der Waals surface area contributed by atoms with Crippen LogP contribution in [0.3, 0.4) is 0 Å². The first-order valence-corrected chi connectivity index (χ1v) is 6.57. The van der Waals surface area contributed by atoms with Crippen LogP contribution in [0.1, 0.15) is 10.4 Å². The number of aromatic nitrogens is 1. The first kappa shape index (κ1) is 13.3. The van der Waals surface area contributed by atoms with E-state index in [-0.39, 0.29) is 5.69 Å². The van der Waals surface area contributed by atoms with E-state index in [4.69, 9.17) is 5.73 Å². The van der Waals surface area contributed by atoms with Gasteiger partial charge in [0.2, 0.25) is 0 Å². The molecule has 0 fully saturated rings. The molecule has 0 aliphatic rings. The topological polar surface area (TPSA) is 94.1 Å². The summed E-state index contributed by atoms with van der Waals surface area (Å²) < 4.78 is 0. The van der Waals surface area contributed by atoms with Crippen molar-refractivity contribution in [2.24, 2.45) is 0 Å². The van der Waals surface area contributed by atoms with Crippen LogP contribution in [-0.2, 0) is 12.8 Å². The smallest absolute Gasteiger partial charge is 0.269 e. The Bertz CT molecular complexity index is 597. The number of non-ortho nitro benzene ring substituents is 1. The highest BCUT2D eigenvalue weighted by molar-refractivity contribution is 7.15. The molecule has 2 rings (SSSR count). The van der Waals surface area contributed by atoms with E-state index in [1.54, 1.807) is 17.4 Å². The summed E-state index contributed by atoms with van der Waals surface area (Å²) in [4.78, 5) is 15.6. The third kappa shape index (κ3) is 3.19. The fraction of sp³-hybridized carbons (Fsp3) is 0.250. The number of nitrogens with two attached hydrogens (primary N) is 1. The number of benzene rings is 1. The summed E-state index contributed by atoms with van der Waals surface area (Å²) in [5.41, 5.74) is 7.30. The molecule has 1 heterocycles. The number of thiazole rings is 1. The third-order valence-corrected chi connectivity index (χ3v) is 3.82. The monoisotopic (exact) mass is 278 g/mol. The highest BCUT2D eigenvalue weighted by Crippen LogP contribution is 2.23. The zero-order valence-corrected chi connectivity index (χ0v) is 11.2. The summed E-state index contributed by atoms with van der Waals surface area (Å²) in [6.07, 6.45) is 3.24. The Morgan fingerprint density at radius 3 is 2.89 bits per heavy atom. The number of aryl methyl sites for hydroxylation is 2. The number of nitro benzene ring substituents is 1. The number of nitrogen functional groups attached to an aromatic ring is 1. The molecule has 1 aromatic carbocycles. The van der Waals surface area contributed by atoms with Crippen LogP contribution in [0.5, 0.6) is 0 Å². The maximum absolute atomic E-state index is 10.7. The van der Waals surface area contributed by atoms with Gasteiger partial charge in [-0.25, -0.2) is 4.98 Å². The van der Waals surface area contributed by atoms with E-state index in [2.05, 4.69) is 10.3 Å². The second-order valence-electron chi connectivity index (χ2n) is 4.02. The molecule has 0 saturated heterocycles. The molecular weight excluding hydrogens is 264 g/mol. The zero-order valence-electron chi connectivity index (χ0n) is 10.4. The number of nitro groups is 1. The second-order valence-corrected chi connectivity index (χ2v) is 5.14. The number of nitrogens with zero attached hydrogens (tertiary/aromatic N) is 2. The maximum Gasteiger partial charge on any atom is 0.269 e. The summed E-state index contributed by atoms with van der Waals surface area (Å²) in [5, 5.41) is 14.6. The third-order valence-electron chi connectivity index (χ3n) is 2.75. The normalized spacial score (nSPS) is 10.4. The van der Waals surface area contributed by atoms with Gasteiger partial charge in [-0.1, -0.05) is 0 Å². The lowest BCUT2D eigenvalue weighted by Gasteiger charge is -2.04. The van der Waals surface area contributed by atoms with Crippen molar-refractivity contribution in [3.8, 4) is 0 Å². The average Bonchev–Trinajstić information content (AvgIpc) is 2.85. The lowest BCUT2D eigenvalue weighted by molar-refractivity contribution is -0.384. The predicted octanol–water partition coefficient (Wildman–Crippen LogP) is 2.46. The van der Waals surface area contributed by atoms with Crippen molar-refractivity contribution in [1.29, 1.82) is 0 Å². The molecule has 7 heteroatoms. The van der Waals surface area contributed by atoms with Gasteiger partial charge < -0.3 is 11.1 Å². The molecule has 0 spiro atoms. The summed E-state index contributed by atoms with van der Waals surface area (Å²) in [6.45, 7) is 0. The van der Waals surface area contributed by atoms with Crippen LogP contribution in [-0.4, -0.2) is 17.0 Å². The van der Waals surface area contributed by atoms with Crippen LogP contribution in [0, 0.1) is 10.1 Å². The van der Waals surface area contributed by atoms with Gasteiger partial charge in [0.15, 0.2) is 5.13 Å². The molecule has 0 amide bonds. The van der Waals surface area contributed by atoms with Crippen LogP contribution < -0.4 is 11.1 Å². The minimum absolute atomic E-state index is 0.0735. The van der Waals surface area contributed by atoms with Crippen molar-refractivity contribution >= 4 is 27.8 Å². The van der Waals surface area contributed by atoms with E-state index in [0.29, 0.717) is 12.1 Å². The lowest BCUT2D eigenvalue weighted by Crippen LogP contribution is -1.98. The SMILES string of the molecule is CNc1ncc(CCc2cc([N+](=O)[O-])ccc2N)s1. The molecular formula is C12H14N4O2S.